The van der Waals surface area contributed by atoms with Gasteiger partial charge in [0, 0.05) is 5.56 Å². The largest absolute Gasteiger partial charge is 0.475 e. The molecule has 2 atom stereocenters. The smallest absolute Gasteiger partial charge is 0.397 e. The van der Waals surface area contributed by atoms with Crippen LogP contribution in [0, 0.1) is 15.9 Å². The van der Waals surface area contributed by atoms with Crippen LogP contribution in [0.4, 0.5) is 4.39 Å². The van der Waals surface area contributed by atoms with Crippen molar-refractivity contribution >= 4 is 17.4 Å². The number of alkyl halides is 1. The SMILES string of the molecule is O=C1c2ccccc2OC(c2ccc(F)cc2)C1(Cl)[N+](=O)[O-]. The van der Waals surface area contributed by atoms with Crippen molar-refractivity contribution in [1.82, 2.24) is 0 Å². The highest BCUT2D eigenvalue weighted by molar-refractivity contribution is 6.37. The first-order valence-corrected chi connectivity index (χ1v) is 6.71. The second kappa shape index (κ2) is 5.06. The number of hydrogen-bond donors (Lipinski definition) is 0. The molecule has 0 radical (unpaired) electrons. The molecule has 1 aliphatic heterocycles. The van der Waals surface area contributed by atoms with Crippen molar-refractivity contribution in [1.29, 1.82) is 0 Å². The fraction of sp³-hybridized carbons (Fsp3) is 0.133. The highest BCUT2D eigenvalue weighted by atomic mass is 35.5. The van der Waals surface area contributed by atoms with Gasteiger partial charge in [0.05, 0.1) is 10.5 Å². The third kappa shape index (κ3) is 2.03. The number of rotatable bonds is 2. The van der Waals surface area contributed by atoms with E-state index >= 15 is 0 Å². The predicted octanol–water partition coefficient (Wildman–Crippen LogP) is 3.35. The Bertz CT molecular complexity index is 764. The van der Waals surface area contributed by atoms with Gasteiger partial charge in [-0.05, 0) is 35.9 Å². The second-order valence-corrected chi connectivity index (χ2v) is 5.38. The van der Waals surface area contributed by atoms with E-state index in [1.807, 2.05) is 0 Å². The quantitative estimate of drug-likeness (QED) is 0.368. The lowest BCUT2D eigenvalue weighted by molar-refractivity contribution is -0.536. The summed E-state index contributed by atoms with van der Waals surface area (Å²) in [5, 5.41) is 11.4. The Labute approximate surface area is 129 Å². The van der Waals surface area contributed by atoms with Gasteiger partial charge in [0.15, 0.2) is 0 Å². The number of carbonyl (C=O) groups excluding carboxylic acids is 1. The maximum atomic E-state index is 13.0. The third-order valence-electron chi connectivity index (χ3n) is 3.48. The van der Waals surface area contributed by atoms with Gasteiger partial charge in [-0.25, -0.2) is 4.39 Å². The molecule has 0 bridgehead atoms. The number of para-hydroxylation sites is 1. The molecule has 5 nitrogen and oxygen atoms in total. The second-order valence-electron chi connectivity index (χ2n) is 4.81. The number of fused-ring (bicyclic) bond motifs is 1. The minimum atomic E-state index is -2.49. The average Bonchev–Trinajstić information content (AvgIpc) is 2.51. The minimum Gasteiger partial charge on any atom is -0.475 e. The summed E-state index contributed by atoms with van der Waals surface area (Å²) in [6, 6.07) is 11.0. The lowest BCUT2D eigenvalue weighted by atomic mass is 9.91. The van der Waals surface area contributed by atoms with Gasteiger partial charge >= 0.3 is 5.00 Å². The molecule has 0 fully saturated rings. The van der Waals surface area contributed by atoms with Crippen LogP contribution in [0.1, 0.15) is 22.0 Å². The topological polar surface area (TPSA) is 69.4 Å². The first kappa shape index (κ1) is 14.5. The zero-order valence-corrected chi connectivity index (χ0v) is 11.8. The van der Waals surface area contributed by atoms with Gasteiger partial charge in [-0.2, -0.15) is 0 Å². The van der Waals surface area contributed by atoms with Crippen LogP contribution in [0.2, 0.25) is 0 Å². The van der Waals surface area contributed by atoms with Gasteiger partial charge in [-0.3, -0.25) is 14.9 Å². The van der Waals surface area contributed by atoms with E-state index < -0.39 is 27.6 Å². The molecule has 22 heavy (non-hydrogen) atoms. The summed E-state index contributed by atoms with van der Waals surface area (Å²) >= 11 is 6.06. The maximum absolute atomic E-state index is 13.0. The van der Waals surface area contributed by atoms with Crippen LogP contribution >= 0.6 is 11.6 Å². The number of ether oxygens (including phenoxy) is 1. The van der Waals surface area contributed by atoms with Gasteiger partial charge in [-0.15, -0.1) is 0 Å². The molecular weight excluding hydrogens is 313 g/mol. The number of halogens is 2. The Morgan fingerprint density at radius 3 is 2.45 bits per heavy atom. The summed E-state index contributed by atoms with van der Waals surface area (Å²) in [4.78, 5) is 20.6. The van der Waals surface area contributed by atoms with Gasteiger partial charge in [0.25, 0.3) is 5.78 Å². The molecule has 1 aliphatic rings. The van der Waals surface area contributed by atoms with Gasteiger partial charge in [0.2, 0.25) is 6.10 Å². The summed E-state index contributed by atoms with van der Waals surface area (Å²) in [5.41, 5.74) is 0.295. The standard InChI is InChI=1S/C15H9ClFNO4/c16-15(18(20)21)13(19)11-3-1-2-4-12(11)22-14(15)9-5-7-10(17)8-6-9/h1-8,14H. The molecule has 0 aliphatic carbocycles. The number of nitrogens with zero attached hydrogens (tertiary/aromatic N) is 1. The van der Waals surface area contributed by atoms with E-state index in [-0.39, 0.29) is 16.9 Å². The Hall–Kier alpha value is -2.47. The van der Waals surface area contributed by atoms with Crippen LogP contribution in [-0.2, 0) is 0 Å². The van der Waals surface area contributed by atoms with Crippen LogP contribution in [0.15, 0.2) is 48.5 Å². The first-order chi connectivity index (χ1) is 10.4. The summed E-state index contributed by atoms with van der Waals surface area (Å²) in [6.07, 6.45) is -1.35. The van der Waals surface area contributed by atoms with E-state index in [9.17, 15) is 19.3 Å². The Balaban J connectivity index is 2.18. The number of hydrogen-bond acceptors (Lipinski definition) is 4. The van der Waals surface area contributed by atoms with Crippen LogP contribution in [-0.4, -0.2) is 15.7 Å². The van der Waals surface area contributed by atoms with Gasteiger partial charge in [0.1, 0.15) is 11.6 Å². The van der Waals surface area contributed by atoms with Crippen molar-refractivity contribution in [2.45, 2.75) is 11.1 Å². The summed E-state index contributed by atoms with van der Waals surface area (Å²) < 4.78 is 18.6. The monoisotopic (exact) mass is 321 g/mol. The van der Waals surface area contributed by atoms with E-state index in [1.165, 1.54) is 24.3 Å². The number of nitro groups is 1. The van der Waals surface area contributed by atoms with Gasteiger partial charge < -0.3 is 4.74 Å². The Morgan fingerprint density at radius 1 is 1.18 bits per heavy atom. The minimum absolute atomic E-state index is 0.0487. The van der Waals surface area contributed by atoms with E-state index in [2.05, 4.69) is 0 Å². The fourth-order valence-corrected chi connectivity index (χ4v) is 2.65. The zero-order chi connectivity index (χ0) is 15.9. The lowest BCUT2D eigenvalue weighted by Gasteiger charge is -2.32. The van der Waals surface area contributed by atoms with Crippen LogP contribution in [0.25, 0.3) is 0 Å². The molecule has 2 aromatic carbocycles. The predicted molar refractivity (Wildman–Crippen MR) is 76.1 cm³/mol. The van der Waals surface area contributed by atoms with Crippen LogP contribution in [0.5, 0.6) is 5.75 Å². The van der Waals surface area contributed by atoms with E-state index in [1.54, 1.807) is 12.1 Å². The van der Waals surface area contributed by atoms with E-state index in [0.29, 0.717) is 0 Å². The Morgan fingerprint density at radius 2 is 1.82 bits per heavy atom. The molecule has 3 rings (SSSR count). The summed E-state index contributed by atoms with van der Waals surface area (Å²) in [7, 11) is 0. The number of Topliss-reactive ketones (excluding diaryl/α,β-unsaturated/α-hetero) is 1. The molecule has 0 amide bonds. The van der Waals surface area contributed by atoms with Crippen molar-refractivity contribution in [3.63, 3.8) is 0 Å². The van der Waals surface area contributed by atoms with Crippen molar-refractivity contribution in [3.8, 4) is 5.75 Å². The molecule has 0 aromatic heterocycles. The number of carbonyl (C=O) groups is 1. The summed E-state index contributed by atoms with van der Waals surface area (Å²) in [5.74, 6) is -1.15. The fourth-order valence-electron chi connectivity index (χ4n) is 2.38. The Kier molecular flexibility index (Phi) is 3.33. The number of benzene rings is 2. The highest BCUT2D eigenvalue weighted by Crippen LogP contribution is 2.45. The molecule has 112 valence electrons. The molecule has 2 unspecified atom stereocenters. The molecule has 0 N–H and O–H groups in total. The first-order valence-electron chi connectivity index (χ1n) is 6.34. The average molecular weight is 322 g/mol. The zero-order valence-electron chi connectivity index (χ0n) is 11.0. The van der Waals surface area contributed by atoms with Gasteiger partial charge in [-0.1, -0.05) is 24.3 Å². The van der Waals surface area contributed by atoms with Crippen LogP contribution < -0.4 is 4.74 Å². The van der Waals surface area contributed by atoms with Crippen molar-refractivity contribution < 1.29 is 18.8 Å². The molecule has 7 heteroatoms. The van der Waals surface area contributed by atoms with Crippen molar-refractivity contribution in [2.75, 3.05) is 0 Å². The molecule has 0 saturated carbocycles. The van der Waals surface area contributed by atoms with E-state index in [4.69, 9.17) is 16.3 Å². The lowest BCUT2D eigenvalue weighted by Crippen LogP contribution is -2.51. The number of ketones is 1. The molecule has 0 saturated heterocycles. The van der Waals surface area contributed by atoms with Crippen molar-refractivity contribution in [2.24, 2.45) is 0 Å². The maximum Gasteiger partial charge on any atom is 0.397 e. The highest BCUT2D eigenvalue weighted by Gasteiger charge is 2.62. The molecular formula is C15H9ClFNO4. The van der Waals surface area contributed by atoms with Crippen molar-refractivity contribution in [3.05, 3.63) is 75.6 Å². The molecule has 2 aromatic rings. The third-order valence-corrected chi connectivity index (χ3v) is 3.99. The normalized spacial score (nSPS) is 23.5. The summed E-state index contributed by atoms with van der Waals surface area (Å²) in [6.45, 7) is 0. The molecule has 1 heterocycles. The molecule has 0 spiro atoms. The van der Waals surface area contributed by atoms with Crippen LogP contribution in [0.3, 0.4) is 0 Å². The van der Waals surface area contributed by atoms with E-state index in [0.717, 1.165) is 12.1 Å².